The summed E-state index contributed by atoms with van der Waals surface area (Å²) >= 11 is 0. The molecule has 0 rings (SSSR count). The van der Waals surface area contributed by atoms with Crippen molar-refractivity contribution in [3.63, 3.8) is 0 Å². The van der Waals surface area contributed by atoms with Crippen LogP contribution in [0.25, 0.3) is 0 Å². The molecule has 0 bridgehead atoms. The predicted octanol–water partition coefficient (Wildman–Crippen LogP) is -3.27. The van der Waals surface area contributed by atoms with Gasteiger partial charge in [0.2, 0.25) is 0 Å². The fourth-order valence-corrected chi connectivity index (χ4v) is 0. The Morgan fingerprint density at radius 1 is 1.25 bits per heavy atom. The Morgan fingerprint density at radius 2 is 1.25 bits per heavy atom. The van der Waals surface area contributed by atoms with E-state index in [4.69, 9.17) is 0 Å². The van der Waals surface area contributed by atoms with Crippen LogP contribution in [0.5, 0.6) is 0 Å². The van der Waals surface area contributed by atoms with Crippen molar-refractivity contribution in [2.24, 2.45) is 0 Å². The molecule has 0 saturated carbocycles. The summed E-state index contributed by atoms with van der Waals surface area (Å²) in [5, 5.41) is 0. The van der Waals surface area contributed by atoms with E-state index in [0.29, 0.717) is 0 Å². The van der Waals surface area contributed by atoms with Gasteiger partial charge in [-0.3, -0.25) is 0 Å². The van der Waals surface area contributed by atoms with E-state index >= 15 is 0 Å². The first-order chi connectivity index (χ1) is 0. The van der Waals surface area contributed by atoms with E-state index in [-0.39, 0.29) is 156 Å². The molecule has 3 radical (unpaired) electrons. The molecule has 0 nitrogen and oxygen atoms in total. The number of hydrogen-bond acceptors (Lipinski definition) is 0. The van der Waals surface area contributed by atoms with Gasteiger partial charge in [0, 0.05) is 85.9 Å². The summed E-state index contributed by atoms with van der Waals surface area (Å²) in [4.78, 5) is 0. The summed E-state index contributed by atoms with van der Waals surface area (Å²) in [5.41, 5.74) is 0. The average Bonchev–Trinajstić information content (AvgIpc) is 0. The minimum Gasteiger partial charge on any atom is -1.00 e. The third-order valence-electron chi connectivity index (χ3n) is 0. The Kier molecular flexibility index (Phi) is 90.6. The number of hydrogen-bond donors (Lipinski definition) is 0. The Labute approximate surface area is 151 Å². The largest absolute Gasteiger partial charge is 1.00 e. The van der Waals surface area contributed by atoms with Crippen molar-refractivity contribution in [2.75, 3.05) is 0 Å². The zero-order chi connectivity index (χ0) is 0. The van der Waals surface area contributed by atoms with Crippen LogP contribution < -0.4 is 68.9 Å². The molecule has 0 fully saturated rings. The standard InChI is InChI=1S/Cs.Ga.Th.Zr.H/q+1;;;;-1. The first kappa shape index (κ1) is 23.1. The smallest absolute Gasteiger partial charge is 1.00 e. The maximum absolute atomic E-state index is 0. The van der Waals surface area contributed by atoms with Crippen LogP contribution in [-0.4, -0.2) is 19.8 Å². The molecule has 0 aliphatic carbocycles. The maximum Gasteiger partial charge on any atom is 1.00 e. The van der Waals surface area contributed by atoms with Gasteiger partial charge in [-0.15, -0.1) is 0 Å². The molecule has 13 valence electrons. The van der Waals surface area contributed by atoms with Crippen LogP contribution >= 0.6 is 0 Å². The zero-order valence-electron chi connectivity index (χ0n) is 3.58. The van der Waals surface area contributed by atoms with E-state index in [9.17, 15) is 0 Å². The van der Waals surface area contributed by atoms with Crippen LogP contribution in [0.4, 0.5) is 0 Å². The summed E-state index contributed by atoms with van der Waals surface area (Å²) in [5.74, 6) is 0. The van der Waals surface area contributed by atoms with Crippen LogP contribution in [0.15, 0.2) is 0 Å². The maximum atomic E-state index is 0. The molecule has 0 N–H and O–H groups in total. The van der Waals surface area contributed by atoms with E-state index in [1.807, 2.05) is 0 Å². The van der Waals surface area contributed by atoms with Crippen LogP contribution in [-0.2, 0) is 26.2 Å². The molecule has 0 aromatic rings. The van der Waals surface area contributed by atoms with Crippen molar-refractivity contribution in [3.8, 4) is 0 Å². The minimum absolute atomic E-state index is 0. The van der Waals surface area contributed by atoms with Gasteiger partial charge in [-0.1, -0.05) is 0 Å². The van der Waals surface area contributed by atoms with E-state index in [2.05, 4.69) is 0 Å². The molecule has 0 amide bonds. The van der Waals surface area contributed by atoms with Gasteiger partial charge < -0.3 is 1.43 Å². The normalized spacial score (nSPS) is 0. The molecular formula is HCsGaThZr. The molecule has 0 aromatic carbocycles. The second kappa shape index (κ2) is 15.7. The quantitative estimate of drug-likeness (QED) is 0.291. The molecule has 0 aromatic heterocycles. The second-order valence-electron chi connectivity index (χ2n) is 0. The van der Waals surface area contributed by atoms with Gasteiger partial charge in [0.15, 0.2) is 0 Å². The monoisotopic (exact) mass is 525 g/mol. The molecule has 4 heavy (non-hydrogen) atoms. The summed E-state index contributed by atoms with van der Waals surface area (Å²) in [6.45, 7) is 0. The summed E-state index contributed by atoms with van der Waals surface area (Å²) < 4.78 is 0. The van der Waals surface area contributed by atoms with Gasteiger partial charge >= 0.3 is 68.9 Å². The van der Waals surface area contributed by atoms with E-state index in [1.165, 1.54) is 0 Å². The van der Waals surface area contributed by atoms with Crippen molar-refractivity contribution in [2.45, 2.75) is 0 Å². The van der Waals surface area contributed by atoms with E-state index in [0.717, 1.165) is 0 Å². The van der Waals surface area contributed by atoms with Crippen LogP contribution in [0, 0.1) is 39.9 Å². The first-order valence-corrected chi connectivity index (χ1v) is 0. The van der Waals surface area contributed by atoms with Crippen LogP contribution in [0.1, 0.15) is 1.43 Å². The van der Waals surface area contributed by atoms with Crippen molar-refractivity contribution >= 4 is 19.8 Å². The van der Waals surface area contributed by atoms with Gasteiger partial charge in [-0.05, 0) is 0 Å². The SMILES string of the molecule is [Cs+].[Ga].[H-].[Th].[Zr]. The minimum atomic E-state index is 0. The van der Waals surface area contributed by atoms with Crippen molar-refractivity contribution in [1.29, 1.82) is 0 Å². The van der Waals surface area contributed by atoms with Gasteiger partial charge in [0.05, 0.1) is 0 Å². The molecule has 0 unspecified atom stereocenters. The summed E-state index contributed by atoms with van der Waals surface area (Å²) in [6.07, 6.45) is 0. The fraction of sp³-hybridized carbons (Fsp3) is 0. The van der Waals surface area contributed by atoms with Crippen molar-refractivity contribution < 1.29 is 136 Å². The Hall–Kier alpha value is 4.90. The van der Waals surface area contributed by atoms with Crippen molar-refractivity contribution in [3.05, 3.63) is 0 Å². The molecule has 4 heteroatoms. The molecular weight excluding hydrogens is 526 g/mol. The molecule has 0 atom stereocenters. The molecule has 0 aliphatic rings. The second-order valence-corrected chi connectivity index (χ2v) is 0. The van der Waals surface area contributed by atoms with Crippen LogP contribution in [0.2, 0.25) is 0 Å². The van der Waals surface area contributed by atoms with Gasteiger partial charge in [0.25, 0.3) is 0 Å². The fourth-order valence-electron chi connectivity index (χ4n) is 0. The third kappa shape index (κ3) is 10.0. The van der Waals surface area contributed by atoms with Crippen molar-refractivity contribution in [1.82, 2.24) is 0 Å². The average molecular weight is 527 g/mol. The Balaban J connectivity index is 0. The van der Waals surface area contributed by atoms with Gasteiger partial charge in [-0.25, -0.2) is 0 Å². The zero-order valence-corrected chi connectivity index (χ0v) is 17.8. The Bertz CT molecular complexity index is 11.6. The molecule has 0 aliphatic heterocycles. The van der Waals surface area contributed by atoms with Crippen LogP contribution in [0.3, 0.4) is 0 Å². The van der Waals surface area contributed by atoms with E-state index < -0.39 is 0 Å². The number of rotatable bonds is 0. The summed E-state index contributed by atoms with van der Waals surface area (Å²) in [7, 11) is 0. The third-order valence-corrected chi connectivity index (χ3v) is 0. The van der Waals surface area contributed by atoms with Gasteiger partial charge in [-0.2, -0.15) is 0 Å². The molecule has 0 heterocycles. The van der Waals surface area contributed by atoms with Gasteiger partial charge in [0.1, 0.15) is 0 Å². The molecule has 0 spiro atoms. The van der Waals surface area contributed by atoms with E-state index in [1.54, 1.807) is 0 Å². The predicted molar refractivity (Wildman–Crippen MR) is 6.87 cm³/mol. The molecule has 0 saturated heterocycles. The first-order valence-electron chi connectivity index (χ1n) is 0. The summed E-state index contributed by atoms with van der Waals surface area (Å²) in [6, 6.07) is 0. The Morgan fingerprint density at radius 3 is 1.25 bits per heavy atom. The topological polar surface area (TPSA) is 0 Å².